The van der Waals surface area contributed by atoms with E-state index >= 15 is 0 Å². The molecule has 0 fully saturated rings. The summed E-state index contributed by atoms with van der Waals surface area (Å²) < 4.78 is 2.29. The molecule has 0 bridgehead atoms. The zero-order valence-electron chi connectivity index (χ0n) is 7.92. The van der Waals surface area contributed by atoms with Crippen molar-refractivity contribution in [3.05, 3.63) is 23.3 Å². The summed E-state index contributed by atoms with van der Waals surface area (Å²) in [5.41, 5.74) is 6.96. The van der Waals surface area contributed by atoms with Gasteiger partial charge in [0.15, 0.2) is 17.3 Å². The average Bonchev–Trinajstić information content (AvgIpc) is 2.85. The minimum Gasteiger partial charge on any atom is -0.381 e. The number of nitrogens with one attached hydrogen (secondary N) is 1. The molecular weight excluding hydrogens is 274 g/mol. The van der Waals surface area contributed by atoms with Crippen molar-refractivity contribution in [2.24, 2.45) is 0 Å². The summed E-state index contributed by atoms with van der Waals surface area (Å²) in [6.45, 7) is 0. The molecule has 3 heterocycles. The van der Waals surface area contributed by atoms with Crippen LogP contribution in [0.2, 0.25) is 0 Å². The van der Waals surface area contributed by atoms with Gasteiger partial charge in [0.1, 0.15) is 11.8 Å². The van der Waals surface area contributed by atoms with Gasteiger partial charge >= 0.3 is 0 Å². The Morgan fingerprint density at radius 2 is 2.19 bits per heavy atom. The molecule has 3 N–H and O–H groups in total. The number of hydrogen-bond donors (Lipinski definition) is 2. The summed E-state index contributed by atoms with van der Waals surface area (Å²) in [5.74, 6) is 1.02. The normalized spacial score (nSPS) is 11.1. The molecule has 3 rings (SSSR count). The van der Waals surface area contributed by atoms with Crippen molar-refractivity contribution in [3.8, 4) is 5.82 Å². The molecule has 0 aliphatic heterocycles. The summed E-state index contributed by atoms with van der Waals surface area (Å²) in [4.78, 5) is 15.2. The van der Waals surface area contributed by atoms with Gasteiger partial charge in [0, 0.05) is 6.20 Å². The van der Waals surface area contributed by atoms with E-state index in [4.69, 9.17) is 5.73 Å². The third-order valence-electron chi connectivity index (χ3n) is 2.12. The number of aromatic amines is 1. The summed E-state index contributed by atoms with van der Waals surface area (Å²) >= 11 is 3.29. The first-order valence-electron chi connectivity index (χ1n) is 4.41. The van der Waals surface area contributed by atoms with Crippen molar-refractivity contribution in [2.45, 2.75) is 0 Å². The second kappa shape index (κ2) is 3.27. The lowest BCUT2D eigenvalue weighted by molar-refractivity contribution is 0.852. The van der Waals surface area contributed by atoms with E-state index in [1.807, 2.05) is 0 Å². The molecule has 0 aromatic carbocycles. The molecule has 7 nitrogen and oxygen atoms in total. The van der Waals surface area contributed by atoms with Crippen LogP contribution in [0.25, 0.3) is 17.0 Å². The van der Waals surface area contributed by atoms with Crippen LogP contribution in [0.5, 0.6) is 0 Å². The van der Waals surface area contributed by atoms with E-state index in [0.717, 1.165) is 9.99 Å². The van der Waals surface area contributed by atoms with Gasteiger partial charge in [0.05, 0.1) is 10.8 Å². The summed E-state index contributed by atoms with van der Waals surface area (Å²) in [7, 11) is 0. The second-order valence-corrected chi connectivity index (χ2v) is 3.96. The minimum atomic E-state index is 0.409. The number of hydrogen-bond acceptors (Lipinski definition) is 5. The Hall–Kier alpha value is -1.96. The van der Waals surface area contributed by atoms with Crippen molar-refractivity contribution in [2.75, 3.05) is 5.73 Å². The van der Waals surface area contributed by atoms with E-state index in [2.05, 4.69) is 41.0 Å². The highest BCUT2D eigenvalue weighted by atomic mass is 79.9. The molecule has 80 valence electrons. The van der Waals surface area contributed by atoms with Gasteiger partial charge in [-0.2, -0.15) is 0 Å². The molecule has 0 radical (unpaired) electrons. The first-order chi connectivity index (χ1) is 7.75. The highest BCUT2D eigenvalue weighted by molar-refractivity contribution is 9.10. The van der Waals surface area contributed by atoms with Gasteiger partial charge in [-0.25, -0.2) is 19.6 Å². The van der Waals surface area contributed by atoms with Crippen LogP contribution in [0, 0.1) is 0 Å². The van der Waals surface area contributed by atoms with Crippen LogP contribution in [0.3, 0.4) is 0 Å². The maximum atomic E-state index is 5.65. The number of H-pyrrole nitrogens is 1. The minimum absolute atomic E-state index is 0.409. The topological polar surface area (TPSA) is 98.3 Å². The van der Waals surface area contributed by atoms with E-state index in [-0.39, 0.29) is 0 Å². The first-order valence-corrected chi connectivity index (χ1v) is 5.20. The van der Waals surface area contributed by atoms with E-state index < -0.39 is 0 Å². The lowest BCUT2D eigenvalue weighted by Gasteiger charge is -1.99. The molecule has 3 aromatic heterocycles. The van der Waals surface area contributed by atoms with Crippen molar-refractivity contribution < 1.29 is 0 Å². The predicted octanol–water partition coefficient (Wildman–Crippen LogP) is 0.883. The number of imidazole rings is 1. The molecule has 0 atom stereocenters. The monoisotopic (exact) mass is 279 g/mol. The largest absolute Gasteiger partial charge is 0.381 e. The van der Waals surface area contributed by atoms with Crippen LogP contribution in [-0.4, -0.2) is 29.7 Å². The van der Waals surface area contributed by atoms with Gasteiger partial charge in [-0.1, -0.05) is 0 Å². The van der Waals surface area contributed by atoms with Gasteiger partial charge in [-0.05, 0) is 15.9 Å². The van der Waals surface area contributed by atoms with Crippen LogP contribution in [-0.2, 0) is 0 Å². The van der Waals surface area contributed by atoms with E-state index in [0.29, 0.717) is 17.3 Å². The van der Waals surface area contributed by atoms with Crippen molar-refractivity contribution in [3.63, 3.8) is 0 Å². The predicted molar refractivity (Wildman–Crippen MR) is 60.9 cm³/mol. The Balaban J connectivity index is 2.29. The third kappa shape index (κ3) is 1.27. The van der Waals surface area contributed by atoms with Crippen LogP contribution >= 0.6 is 15.9 Å². The average molecular weight is 280 g/mol. The lowest BCUT2D eigenvalue weighted by atomic mass is 10.5. The maximum absolute atomic E-state index is 5.65. The van der Waals surface area contributed by atoms with Crippen molar-refractivity contribution in [1.82, 2.24) is 29.7 Å². The van der Waals surface area contributed by atoms with Gasteiger partial charge in [0.2, 0.25) is 0 Å². The van der Waals surface area contributed by atoms with Gasteiger partial charge in [0.25, 0.3) is 0 Å². The van der Waals surface area contributed by atoms with Gasteiger partial charge in [-0.15, -0.1) is 5.10 Å². The zero-order valence-corrected chi connectivity index (χ0v) is 9.51. The van der Waals surface area contributed by atoms with Crippen molar-refractivity contribution >= 4 is 32.9 Å². The zero-order chi connectivity index (χ0) is 11.1. The fourth-order valence-corrected chi connectivity index (χ4v) is 1.67. The molecule has 16 heavy (non-hydrogen) atoms. The summed E-state index contributed by atoms with van der Waals surface area (Å²) in [5, 5.41) is 4.12. The molecule has 0 spiro atoms. The highest BCUT2D eigenvalue weighted by Gasteiger charge is 2.10. The van der Waals surface area contributed by atoms with Gasteiger partial charge in [-0.3, -0.25) is 0 Å². The SMILES string of the molecule is Nc1nn(-c2ncnc3nc[nH]c23)cc1Br. The Morgan fingerprint density at radius 1 is 1.31 bits per heavy atom. The Morgan fingerprint density at radius 3 is 2.94 bits per heavy atom. The Labute approximate surface area is 97.9 Å². The molecule has 3 aromatic rings. The number of nitrogens with zero attached hydrogens (tertiary/aromatic N) is 5. The molecule has 0 aliphatic carbocycles. The molecule has 0 amide bonds. The van der Waals surface area contributed by atoms with Crippen LogP contribution in [0.4, 0.5) is 5.82 Å². The fraction of sp³-hybridized carbons (Fsp3) is 0. The maximum Gasteiger partial charge on any atom is 0.182 e. The molecule has 0 unspecified atom stereocenters. The molecular formula is C8H6BrN7. The van der Waals surface area contributed by atoms with Crippen LogP contribution in [0.15, 0.2) is 23.3 Å². The lowest BCUT2D eigenvalue weighted by Crippen LogP contribution is -2.01. The number of rotatable bonds is 1. The molecule has 0 saturated carbocycles. The van der Waals surface area contributed by atoms with Gasteiger partial charge < -0.3 is 10.7 Å². The number of anilines is 1. The molecule has 8 heteroatoms. The third-order valence-corrected chi connectivity index (χ3v) is 2.73. The molecule has 0 saturated heterocycles. The number of halogens is 1. The first kappa shape index (κ1) is 9.28. The van der Waals surface area contributed by atoms with Crippen molar-refractivity contribution in [1.29, 1.82) is 0 Å². The number of nitrogens with two attached hydrogens (primary N) is 1. The van der Waals surface area contributed by atoms with E-state index in [1.54, 1.807) is 17.2 Å². The van der Waals surface area contributed by atoms with Crippen LogP contribution in [0.1, 0.15) is 0 Å². The quantitative estimate of drug-likeness (QED) is 0.689. The molecule has 0 aliphatic rings. The second-order valence-electron chi connectivity index (χ2n) is 3.11. The van der Waals surface area contributed by atoms with E-state index in [9.17, 15) is 0 Å². The smallest absolute Gasteiger partial charge is 0.182 e. The standard InChI is InChI=1S/C8H6BrN7/c9-4-1-16(15-6(4)10)8-5-7(12-2-11-5)13-3-14-8/h1-3H,(H2,10,15)(H,11,12,13,14). The highest BCUT2D eigenvalue weighted by Crippen LogP contribution is 2.20. The number of fused-ring (bicyclic) bond motifs is 1. The number of aromatic nitrogens is 6. The Bertz CT molecular complexity index is 636. The fourth-order valence-electron chi connectivity index (χ4n) is 1.40. The van der Waals surface area contributed by atoms with E-state index in [1.165, 1.54) is 6.33 Å². The number of nitrogen functional groups attached to an aromatic ring is 1. The summed E-state index contributed by atoms with van der Waals surface area (Å²) in [6, 6.07) is 0. The summed E-state index contributed by atoms with van der Waals surface area (Å²) in [6.07, 6.45) is 4.73. The van der Waals surface area contributed by atoms with Crippen LogP contribution < -0.4 is 5.73 Å². The Kier molecular flexibility index (Phi) is 1.90.